The van der Waals surface area contributed by atoms with Crippen molar-refractivity contribution in [1.82, 2.24) is 10.7 Å². The van der Waals surface area contributed by atoms with Crippen molar-refractivity contribution in [2.24, 2.45) is 11.0 Å². The average Bonchev–Trinajstić information content (AvgIpc) is 2.87. The average molecular weight is 501 g/mol. The number of hydrazone groups is 1. The van der Waals surface area contributed by atoms with Gasteiger partial charge in [0.25, 0.3) is 17.7 Å². The third kappa shape index (κ3) is 5.56. The zero-order valence-electron chi connectivity index (χ0n) is 19.4. The fourth-order valence-electron chi connectivity index (χ4n) is 3.43. The summed E-state index contributed by atoms with van der Waals surface area (Å²) in [5.74, 6) is -5.35. The van der Waals surface area contributed by atoms with Crippen molar-refractivity contribution in [3.05, 3.63) is 95.3 Å². The molecule has 0 bridgehead atoms. The van der Waals surface area contributed by atoms with Crippen LogP contribution in [0.25, 0.3) is 0 Å². The smallest absolute Gasteiger partial charge is 0.322 e. The molecule has 3 aromatic rings. The summed E-state index contributed by atoms with van der Waals surface area (Å²) in [5, 5.41) is 8.35. The van der Waals surface area contributed by atoms with E-state index in [1.165, 1.54) is 42.5 Å². The number of para-hydroxylation sites is 1. The number of aryl methyl sites for hydroxylation is 1. The maximum atomic E-state index is 14.1. The Morgan fingerprint density at radius 2 is 1.54 bits per heavy atom. The van der Waals surface area contributed by atoms with Crippen LogP contribution in [0.3, 0.4) is 0 Å². The number of imide groups is 2. The number of anilines is 2. The number of urea groups is 1. The number of nitrogens with one attached hydrogen (secondary N) is 3. The van der Waals surface area contributed by atoms with E-state index in [-0.39, 0.29) is 17.2 Å². The minimum absolute atomic E-state index is 0.188. The number of benzene rings is 3. The lowest BCUT2D eigenvalue weighted by Crippen LogP contribution is -2.59. The summed E-state index contributed by atoms with van der Waals surface area (Å²) in [5.41, 5.74) is 4.03. The number of hydrogen-bond donors (Lipinski definition) is 3. The van der Waals surface area contributed by atoms with Gasteiger partial charge < -0.3 is 5.32 Å². The first-order chi connectivity index (χ1) is 17.7. The predicted molar refractivity (Wildman–Crippen MR) is 132 cm³/mol. The molecule has 3 aromatic carbocycles. The van der Waals surface area contributed by atoms with Gasteiger partial charge in [0.1, 0.15) is 5.82 Å². The van der Waals surface area contributed by atoms with Crippen LogP contribution in [0.5, 0.6) is 0 Å². The molecular weight excluding hydrogens is 481 g/mol. The highest BCUT2D eigenvalue weighted by Gasteiger charge is 2.41. The molecule has 1 atom stereocenters. The van der Waals surface area contributed by atoms with Crippen molar-refractivity contribution in [2.45, 2.75) is 6.92 Å². The molecule has 0 saturated carbocycles. The number of rotatable bonds is 6. The SMILES string of the molecule is Cc1ccc(C(=O)Nc2ccc(C(=O)N/N=C\[C@@H]3C(=O)NC(=O)N(c4ccccc4F)C3=O)cc2)cc1. The maximum absolute atomic E-state index is 14.1. The molecule has 37 heavy (non-hydrogen) atoms. The van der Waals surface area contributed by atoms with Crippen LogP contribution in [0.1, 0.15) is 26.3 Å². The van der Waals surface area contributed by atoms with Crippen LogP contribution in [0, 0.1) is 18.7 Å². The van der Waals surface area contributed by atoms with Gasteiger partial charge in [-0.15, -0.1) is 0 Å². The monoisotopic (exact) mass is 501 g/mol. The Kier molecular flexibility index (Phi) is 7.14. The quantitative estimate of drug-likeness (QED) is 0.271. The van der Waals surface area contributed by atoms with E-state index in [2.05, 4.69) is 15.8 Å². The highest BCUT2D eigenvalue weighted by Crippen LogP contribution is 2.23. The molecule has 1 fully saturated rings. The standard InChI is InChI=1S/C26H20FN5O5/c1-15-6-8-16(9-7-15)22(33)29-18-12-10-17(11-13-18)23(34)31-28-14-19-24(35)30-26(37)32(25(19)36)21-5-3-2-4-20(21)27/h2-14,19H,1H3,(H,29,33)(H,31,34)(H,30,35,37)/b28-14-/t19-/m1/s1. The number of nitrogens with zero attached hydrogens (tertiary/aromatic N) is 2. The number of barbiturate groups is 1. The van der Waals surface area contributed by atoms with Gasteiger partial charge in [-0.05, 0) is 55.5 Å². The number of amides is 6. The van der Waals surface area contributed by atoms with Crippen molar-refractivity contribution in [2.75, 3.05) is 10.2 Å². The van der Waals surface area contributed by atoms with E-state index in [0.29, 0.717) is 16.2 Å². The molecular formula is C26H20FN5O5. The molecule has 0 radical (unpaired) electrons. The second-order valence-electron chi connectivity index (χ2n) is 8.01. The van der Waals surface area contributed by atoms with Crippen LogP contribution in [-0.4, -0.2) is 35.9 Å². The van der Waals surface area contributed by atoms with Gasteiger partial charge in [-0.2, -0.15) is 5.10 Å². The first-order valence-electron chi connectivity index (χ1n) is 11.0. The number of carbonyl (C=O) groups is 5. The van der Waals surface area contributed by atoms with Gasteiger partial charge in [-0.1, -0.05) is 29.8 Å². The van der Waals surface area contributed by atoms with Crippen LogP contribution in [-0.2, 0) is 9.59 Å². The Morgan fingerprint density at radius 3 is 2.22 bits per heavy atom. The summed E-state index contributed by atoms with van der Waals surface area (Å²) in [6, 6.07) is 17.0. The molecule has 4 rings (SSSR count). The van der Waals surface area contributed by atoms with Crippen LogP contribution in [0.2, 0.25) is 0 Å². The first kappa shape index (κ1) is 24.9. The van der Waals surface area contributed by atoms with E-state index >= 15 is 0 Å². The molecule has 0 aliphatic carbocycles. The van der Waals surface area contributed by atoms with Crippen LogP contribution < -0.4 is 21.0 Å². The molecule has 0 spiro atoms. The molecule has 0 aromatic heterocycles. The van der Waals surface area contributed by atoms with E-state index in [9.17, 15) is 28.4 Å². The van der Waals surface area contributed by atoms with Crippen molar-refractivity contribution in [3.63, 3.8) is 0 Å². The molecule has 10 nitrogen and oxygen atoms in total. The highest BCUT2D eigenvalue weighted by molar-refractivity contribution is 6.32. The van der Waals surface area contributed by atoms with Crippen molar-refractivity contribution < 1.29 is 28.4 Å². The number of hydrogen-bond acceptors (Lipinski definition) is 6. The Labute approximate surface area is 210 Å². The van der Waals surface area contributed by atoms with Crippen molar-refractivity contribution in [1.29, 1.82) is 0 Å². The molecule has 1 aliphatic rings. The molecule has 0 unspecified atom stereocenters. The Morgan fingerprint density at radius 1 is 0.919 bits per heavy atom. The third-order valence-corrected chi connectivity index (χ3v) is 5.40. The van der Waals surface area contributed by atoms with E-state index in [4.69, 9.17) is 0 Å². The van der Waals surface area contributed by atoms with Gasteiger partial charge in [0, 0.05) is 23.0 Å². The Hall–Kier alpha value is -5.19. The lowest BCUT2D eigenvalue weighted by molar-refractivity contribution is -0.131. The summed E-state index contributed by atoms with van der Waals surface area (Å²) >= 11 is 0. The first-order valence-corrected chi connectivity index (χ1v) is 11.0. The normalized spacial score (nSPS) is 15.5. The zero-order valence-corrected chi connectivity index (χ0v) is 19.4. The Bertz CT molecular complexity index is 1420. The van der Waals surface area contributed by atoms with Gasteiger partial charge in [-0.3, -0.25) is 24.5 Å². The summed E-state index contributed by atoms with van der Waals surface area (Å²) in [7, 11) is 0. The van der Waals surface area contributed by atoms with Gasteiger partial charge in [0.15, 0.2) is 5.92 Å². The molecule has 186 valence electrons. The highest BCUT2D eigenvalue weighted by atomic mass is 19.1. The van der Waals surface area contributed by atoms with Crippen molar-refractivity contribution in [3.8, 4) is 0 Å². The van der Waals surface area contributed by atoms with E-state index < -0.39 is 35.5 Å². The van der Waals surface area contributed by atoms with Gasteiger partial charge in [0.2, 0.25) is 5.91 Å². The fraction of sp³-hybridized carbons (Fsp3) is 0.0769. The predicted octanol–water partition coefficient (Wildman–Crippen LogP) is 3.00. The molecule has 3 N–H and O–H groups in total. The molecule has 1 saturated heterocycles. The van der Waals surface area contributed by atoms with Crippen molar-refractivity contribution >= 4 is 47.2 Å². The third-order valence-electron chi connectivity index (χ3n) is 5.40. The topological polar surface area (TPSA) is 137 Å². The molecule has 11 heteroatoms. The fourth-order valence-corrected chi connectivity index (χ4v) is 3.43. The summed E-state index contributed by atoms with van der Waals surface area (Å²) < 4.78 is 14.1. The van der Waals surface area contributed by atoms with Crippen LogP contribution >= 0.6 is 0 Å². The number of halogens is 1. The Balaban J connectivity index is 1.38. The molecule has 6 amide bonds. The summed E-state index contributed by atoms with van der Waals surface area (Å²) in [6.45, 7) is 1.92. The van der Waals surface area contributed by atoms with Gasteiger partial charge >= 0.3 is 6.03 Å². The zero-order chi connectivity index (χ0) is 26.5. The van der Waals surface area contributed by atoms with Gasteiger partial charge in [-0.25, -0.2) is 19.5 Å². The minimum atomic E-state index is -1.57. The lowest BCUT2D eigenvalue weighted by atomic mass is 10.1. The van der Waals surface area contributed by atoms with Gasteiger partial charge in [0.05, 0.1) is 5.69 Å². The summed E-state index contributed by atoms with van der Waals surface area (Å²) in [6.07, 6.45) is 0.853. The number of carbonyl (C=O) groups excluding carboxylic acids is 5. The van der Waals surface area contributed by atoms with E-state index in [1.54, 1.807) is 12.1 Å². The second kappa shape index (κ2) is 10.6. The van der Waals surface area contributed by atoms with E-state index in [1.807, 2.05) is 24.4 Å². The minimum Gasteiger partial charge on any atom is -0.322 e. The van der Waals surface area contributed by atoms with Crippen LogP contribution in [0.15, 0.2) is 77.9 Å². The molecule has 1 heterocycles. The van der Waals surface area contributed by atoms with Crippen LogP contribution in [0.4, 0.5) is 20.6 Å². The lowest BCUT2D eigenvalue weighted by Gasteiger charge is -2.28. The molecule has 1 aliphatic heterocycles. The second-order valence-corrected chi connectivity index (χ2v) is 8.01. The summed E-state index contributed by atoms with van der Waals surface area (Å²) in [4.78, 5) is 62.3. The largest absolute Gasteiger partial charge is 0.335 e. The maximum Gasteiger partial charge on any atom is 0.335 e. The van der Waals surface area contributed by atoms with E-state index in [0.717, 1.165) is 17.8 Å².